The van der Waals surface area contributed by atoms with Crippen LogP contribution in [-0.4, -0.2) is 60.2 Å². The Labute approximate surface area is 214 Å². The smallest absolute Gasteiger partial charge is 0.310 e. The summed E-state index contributed by atoms with van der Waals surface area (Å²) >= 11 is 8.11. The van der Waals surface area contributed by atoms with Gasteiger partial charge in [-0.15, -0.1) is 0 Å². The molecular formula is C26H30ClN4O3S+. The number of quaternary nitrogens is 1. The number of rotatable bonds is 8. The number of nitrogens with zero attached hydrogens (tertiary/aromatic N) is 3. The lowest BCUT2D eigenvalue weighted by molar-refractivity contribution is -0.943. The number of halogens is 1. The van der Waals surface area contributed by atoms with Crippen molar-refractivity contribution in [3.05, 3.63) is 52.5 Å². The summed E-state index contributed by atoms with van der Waals surface area (Å²) in [6.07, 6.45) is 2.37. The Morgan fingerprint density at radius 2 is 2.06 bits per heavy atom. The molecule has 0 saturated carbocycles. The van der Waals surface area contributed by atoms with Crippen LogP contribution in [0.15, 0.2) is 36.4 Å². The van der Waals surface area contributed by atoms with Crippen molar-refractivity contribution in [3.63, 3.8) is 0 Å². The van der Waals surface area contributed by atoms with Gasteiger partial charge in [-0.05, 0) is 47.3 Å². The molecular weight excluding hydrogens is 484 g/mol. The molecule has 1 fully saturated rings. The Balaban J connectivity index is 1.31. The van der Waals surface area contributed by atoms with E-state index in [0.717, 1.165) is 68.2 Å². The number of fused-ring (bicyclic) bond motifs is 2. The maximum atomic E-state index is 12.2. The molecule has 2 aliphatic heterocycles. The molecule has 2 aromatic carbocycles. The highest BCUT2D eigenvalue weighted by atomic mass is 35.5. The highest BCUT2D eigenvalue weighted by molar-refractivity contribution is 7.13. The summed E-state index contributed by atoms with van der Waals surface area (Å²) in [5.74, 6) is 0.911. The fourth-order valence-electron chi connectivity index (χ4n) is 4.95. The Morgan fingerprint density at radius 3 is 2.86 bits per heavy atom. The predicted molar refractivity (Wildman–Crippen MR) is 140 cm³/mol. The van der Waals surface area contributed by atoms with Gasteiger partial charge in [0.2, 0.25) is 12.6 Å². The Bertz CT molecular complexity index is 1250. The number of nitrogens with one attached hydrogen (secondary N) is 1. The minimum absolute atomic E-state index is 0.00485. The minimum Gasteiger partial charge on any atom is -0.415 e. The van der Waals surface area contributed by atoms with Crippen molar-refractivity contribution >= 4 is 56.6 Å². The third-order valence-electron chi connectivity index (χ3n) is 7.05. The Hall–Kier alpha value is -2.68. The number of carbonyl (C=O) groups is 2. The van der Waals surface area contributed by atoms with Gasteiger partial charge in [0.15, 0.2) is 5.82 Å². The topological polar surface area (TPSA) is 71.5 Å². The number of aromatic nitrogens is 1. The van der Waals surface area contributed by atoms with E-state index in [2.05, 4.69) is 28.4 Å². The number of esters is 1. The number of carbonyl (C=O) groups excluding carboxylic acids is 2. The second-order valence-corrected chi connectivity index (χ2v) is 10.7. The third-order valence-corrected chi connectivity index (χ3v) is 8.22. The van der Waals surface area contributed by atoms with E-state index in [4.69, 9.17) is 20.7 Å². The lowest BCUT2D eigenvalue weighted by atomic mass is 10.0. The van der Waals surface area contributed by atoms with Gasteiger partial charge in [-0.3, -0.25) is 14.1 Å². The van der Waals surface area contributed by atoms with Crippen molar-refractivity contribution in [2.45, 2.75) is 32.6 Å². The number of benzene rings is 2. The summed E-state index contributed by atoms with van der Waals surface area (Å²) < 4.78 is 12.4. The molecule has 3 aromatic rings. The standard InChI is InChI=1S/C26H29ClN4O3S/c1-2-5-25(33)34-17-31(11-8-18-14-19-15-24(32)28-22(19)16-21(18)27)12-9-30(10-13-31)26-20-6-3-4-7-23(20)35-29-26/h3-4,6-7,14,16H,2,5,8-13,15,17H2,1H3/p+1. The van der Waals surface area contributed by atoms with E-state index >= 15 is 0 Å². The van der Waals surface area contributed by atoms with Gasteiger partial charge in [0.25, 0.3) is 0 Å². The second-order valence-electron chi connectivity index (χ2n) is 9.47. The summed E-state index contributed by atoms with van der Waals surface area (Å²) in [6, 6.07) is 12.2. The number of hydrogen-bond acceptors (Lipinski definition) is 6. The highest BCUT2D eigenvalue weighted by Crippen LogP contribution is 2.32. The lowest BCUT2D eigenvalue weighted by Crippen LogP contribution is -2.61. The average molecular weight is 514 g/mol. The molecule has 0 unspecified atom stereocenters. The Morgan fingerprint density at radius 1 is 1.26 bits per heavy atom. The van der Waals surface area contributed by atoms with E-state index in [1.54, 1.807) is 0 Å². The molecule has 9 heteroatoms. The number of piperazine rings is 1. The summed E-state index contributed by atoms with van der Waals surface area (Å²) in [7, 11) is 0. The zero-order chi connectivity index (χ0) is 24.4. The largest absolute Gasteiger partial charge is 0.415 e. The van der Waals surface area contributed by atoms with Crippen LogP contribution >= 0.6 is 23.1 Å². The van der Waals surface area contributed by atoms with Crippen molar-refractivity contribution in [1.29, 1.82) is 0 Å². The van der Waals surface area contributed by atoms with Crippen molar-refractivity contribution in [1.82, 2.24) is 4.37 Å². The molecule has 0 aliphatic carbocycles. The van der Waals surface area contributed by atoms with Crippen molar-refractivity contribution in [2.75, 3.05) is 49.7 Å². The molecule has 184 valence electrons. The predicted octanol–water partition coefficient (Wildman–Crippen LogP) is 4.62. The zero-order valence-electron chi connectivity index (χ0n) is 19.9. The van der Waals surface area contributed by atoms with Gasteiger partial charge in [-0.1, -0.05) is 36.7 Å². The first-order chi connectivity index (χ1) is 17.0. The molecule has 0 radical (unpaired) electrons. The highest BCUT2D eigenvalue weighted by Gasteiger charge is 2.35. The summed E-state index contributed by atoms with van der Waals surface area (Å²) in [4.78, 5) is 26.3. The quantitative estimate of drug-likeness (QED) is 0.351. The van der Waals surface area contributed by atoms with Crippen LogP contribution in [0.1, 0.15) is 30.9 Å². The maximum absolute atomic E-state index is 12.2. The van der Waals surface area contributed by atoms with Gasteiger partial charge in [0, 0.05) is 28.9 Å². The molecule has 1 amide bonds. The van der Waals surface area contributed by atoms with Crippen molar-refractivity contribution in [3.8, 4) is 0 Å². The van der Waals surface area contributed by atoms with E-state index in [9.17, 15) is 9.59 Å². The minimum atomic E-state index is -0.141. The SMILES string of the molecule is CCCC(=O)OC[N+]1(CCc2cc3c(cc2Cl)NC(=O)C3)CCN(c2nsc3ccccc23)CC1. The molecule has 0 atom stereocenters. The van der Waals surface area contributed by atoms with Gasteiger partial charge in [-0.2, -0.15) is 4.37 Å². The molecule has 0 spiro atoms. The van der Waals surface area contributed by atoms with Crippen LogP contribution in [0.4, 0.5) is 11.5 Å². The fourth-order valence-corrected chi connectivity index (χ4v) is 6.01. The van der Waals surface area contributed by atoms with Crippen LogP contribution < -0.4 is 10.2 Å². The molecule has 0 bridgehead atoms. The van der Waals surface area contributed by atoms with Crippen LogP contribution in [0.3, 0.4) is 0 Å². The molecule has 35 heavy (non-hydrogen) atoms. The molecule has 1 N–H and O–H groups in total. The average Bonchev–Trinajstić information content (AvgIpc) is 3.44. The summed E-state index contributed by atoms with van der Waals surface area (Å²) in [5, 5.41) is 4.72. The van der Waals surface area contributed by atoms with Crippen LogP contribution in [0.25, 0.3) is 10.1 Å². The monoisotopic (exact) mass is 513 g/mol. The molecule has 5 rings (SSSR count). The van der Waals surface area contributed by atoms with Crippen LogP contribution in [0, 0.1) is 0 Å². The number of amides is 1. The van der Waals surface area contributed by atoms with Gasteiger partial charge in [0.05, 0.1) is 43.8 Å². The number of hydrogen-bond donors (Lipinski definition) is 1. The normalized spacial score (nSPS) is 16.9. The molecule has 3 heterocycles. The van der Waals surface area contributed by atoms with Crippen LogP contribution in [0.5, 0.6) is 0 Å². The molecule has 7 nitrogen and oxygen atoms in total. The van der Waals surface area contributed by atoms with Crippen molar-refractivity contribution < 1.29 is 18.8 Å². The summed E-state index contributed by atoms with van der Waals surface area (Å²) in [6.45, 7) is 6.56. The van der Waals surface area contributed by atoms with E-state index in [0.29, 0.717) is 29.1 Å². The van der Waals surface area contributed by atoms with E-state index < -0.39 is 0 Å². The maximum Gasteiger partial charge on any atom is 0.310 e. The fraction of sp³-hybridized carbons (Fsp3) is 0.423. The first-order valence-electron chi connectivity index (χ1n) is 12.2. The van der Waals surface area contributed by atoms with Gasteiger partial charge in [-0.25, -0.2) is 0 Å². The van der Waals surface area contributed by atoms with Crippen molar-refractivity contribution in [2.24, 2.45) is 0 Å². The first-order valence-corrected chi connectivity index (χ1v) is 13.3. The summed E-state index contributed by atoms with van der Waals surface area (Å²) in [5.41, 5.74) is 2.84. The Kier molecular flexibility index (Phi) is 6.95. The third kappa shape index (κ3) is 5.15. The molecule has 1 saturated heterocycles. The van der Waals surface area contributed by atoms with Crippen LogP contribution in [0.2, 0.25) is 5.02 Å². The van der Waals surface area contributed by atoms with Gasteiger partial charge in [0.1, 0.15) is 0 Å². The van der Waals surface area contributed by atoms with E-state index in [1.165, 1.54) is 21.6 Å². The molecule has 2 aliphatic rings. The lowest BCUT2D eigenvalue weighted by Gasteiger charge is -2.44. The van der Waals surface area contributed by atoms with E-state index in [1.807, 2.05) is 25.1 Å². The van der Waals surface area contributed by atoms with Crippen LogP contribution in [-0.2, 0) is 27.2 Å². The first kappa shape index (κ1) is 24.0. The number of anilines is 2. The second kappa shape index (κ2) is 10.1. The van der Waals surface area contributed by atoms with E-state index in [-0.39, 0.29) is 11.9 Å². The zero-order valence-corrected chi connectivity index (χ0v) is 21.5. The number of ether oxygens (including phenoxy) is 1. The van der Waals surface area contributed by atoms with Gasteiger partial charge >= 0.3 is 5.97 Å². The molecule has 1 aromatic heterocycles. The van der Waals surface area contributed by atoms with Gasteiger partial charge < -0.3 is 15.0 Å².